The molecular formula is C10H6Cl2O4. The molecule has 84 valence electrons. The van der Waals surface area contributed by atoms with Gasteiger partial charge in [-0.3, -0.25) is 0 Å². The van der Waals surface area contributed by atoms with Crippen molar-refractivity contribution in [1.29, 1.82) is 0 Å². The number of carboxylic acids is 1. The summed E-state index contributed by atoms with van der Waals surface area (Å²) >= 11 is 11.4. The molecule has 0 bridgehead atoms. The zero-order valence-corrected chi connectivity index (χ0v) is 9.38. The number of carbonyl (C=O) groups is 2. The predicted octanol–water partition coefficient (Wildman–Crippen LogP) is 2.78. The Morgan fingerprint density at radius 2 is 1.81 bits per heavy atom. The lowest BCUT2D eigenvalue weighted by molar-refractivity contribution is -0.128. The molecule has 0 amide bonds. The number of rotatable bonds is 3. The van der Waals surface area contributed by atoms with Gasteiger partial charge < -0.3 is 9.84 Å². The van der Waals surface area contributed by atoms with Crippen molar-refractivity contribution < 1.29 is 19.4 Å². The van der Waals surface area contributed by atoms with Gasteiger partial charge in [0.25, 0.3) is 0 Å². The maximum absolute atomic E-state index is 10.9. The summed E-state index contributed by atoms with van der Waals surface area (Å²) < 4.78 is 4.75. The number of ether oxygens (including phenoxy) is 1. The molecule has 0 heterocycles. The van der Waals surface area contributed by atoms with Crippen LogP contribution in [0.4, 0.5) is 0 Å². The summed E-state index contributed by atoms with van der Waals surface area (Å²) in [6.07, 6.45) is 0.942. The molecule has 6 heteroatoms. The molecule has 0 aliphatic rings. The van der Waals surface area contributed by atoms with E-state index in [0.717, 1.165) is 18.2 Å². The van der Waals surface area contributed by atoms with E-state index in [-0.39, 0.29) is 21.4 Å². The van der Waals surface area contributed by atoms with E-state index in [2.05, 4.69) is 6.58 Å². The van der Waals surface area contributed by atoms with Crippen LogP contribution in [0.15, 0.2) is 24.8 Å². The third kappa shape index (κ3) is 2.74. The van der Waals surface area contributed by atoms with Crippen molar-refractivity contribution in [2.75, 3.05) is 0 Å². The lowest BCUT2D eigenvalue weighted by Crippen LogP contribution is -2.05. The molecule has 0 fully saturated rings. The molecule has 1 aromatic carbocycles. The standard InChI is InChI=1S/C10H6Cl2O4/c1-2-8(13)16-9-6(11)3-5(10(14)15)4-7(9)12/h2-4H,1H2,(H,14,15). The Bertz CT molecular complexity index is 445. The molecule has 0 aliphatic carbocycles. The average molecular weight is 261 g/mol. The Morgan fingerprint density at radius 3 is 2.19 bits per heavy atom. The van der Waals surface area contributed by atoms with Crippen LogP contribution in [0.3, 0.4) is 0 Å². The minimum atomic E-state index is -1.18. The van der Waals surface area contributed by atoms with Crippen LogP contribution in [-0.2, 0) is 4.79 Å². The van der Waals surface area contributed by atoms with Crippen LogP contribution in [-0.4, -0.2) is 17.0 Å². The fourth-order valence-electron chi connectivity index (χ4n) is 0.923. The first kappa shape index (κ1) is 12.5. The molecule has 0 aliphatic heterocycles. The molecule has 1 N–H and O–H groups in total. The van der Waals surface area contributed by atoms with E-state index < -0.39 is 11.9 Å². The van der Waals surface area contributed by atoms with Gasteiger partial charge in [-0.1, -0.05) is 29.8 Å². The van der Waals surface area contributed by atoms with Crippen molar-refractivity contribution >= 4 is 35.1 Å². The minimum Gasteiger partial charge on any atom is -0.478 e. The Kier molecular flexibility index (Phi) is 3.93. The number of hydrogen-bond acceptors (Lipinski definition) is 3. The highest BCUT2D eigenvalue weighted by atomic mass is 35.5. The molecule has 0 aromatic heterocycles. The molecule has 0 spiro atoms. The van der Waals surface area contributed by atoms with Gasteiger partial charge in [0.2, 0.25) is 0 Å². The Labute approximate surface area is 101 Å². The zero-order chi connectivity index (χ0) is 12.3. The van der Waals surface area contributed by atoms with Gasteiger partial charge in [0.1, 0.15) is 0 Å². The Morgan fingerprint density at radius 1 is 1.31 bits per heavy atom. The molecule has 0 unspecified atom stereocenters. The second-order valence-corrected chi connectivity index (χ2v) is 3.51. The first-order chi connectivity index (χ1) is 7.45. The van der Waals surface area contributed by atoms with Crippen molar-refractivity contribution in [2.45, 2.75) is 0 Å². The number of esters is 1. The normalized spacial score (nSPS) is 9.62. The van der Waals surface area contributed by atoms with Gasteiger partial charge >= 0.3 is 11.9 Å². The van der Waals surface area contributed by atoms with Crippen LogP contribution in [0, 0.1) is 0 Å². The van der Waals surface area contributed by atoms with E-state index in [9.17, 15) is 9.59 Å². The minimum absolute atomic E-state index is 0.0555. The van der Waals surface area contributed by atoms with Gasteiger partial charge in [0, 0.05) is 6.08 Å². The van der Waals surface area contributed by atoms with Crippen LogP contribution >= 0.6 is 23.2 Å². The molecule has 0 saturated heterocycles. The number of carboxylic acid groups (broad SMARTS) is 1. The molecule has 1 aromatic rings. The first-order valence-electron chi connectivity index (χ1n) is 4.02. The first-order valence-corrected chi connectivity index (χ1v) is 4.78. The number of halogens is 2. The SMILES string of the molecule is C=CC(=O)Oc1c(Cl)cc(C(=O)O)cc1Cl. The van der Waals surface area contributed by atoms with Crippen molar-refractivity contribution in [1.82, 2.24) is 0 Å². The summed E-state index contributed by atoms with van der Waals surface area (Å²) in [6, 6.07) is 2.28. The van der Waals surface area contributed by atoms with E-state index in [1.165, 1.54) is 0 Å². The molecule has 0 atom stereocenters. The van der Waals surface area contributed by atoms with Crippen molar-refractivity contribution in [2.24, 2.45) is 0 Å². The van der Waals surface area contributed by atoms with Crippen molar-refractivity contribution in [3.8, 4) is 5.75 Å². The zero-order valence-electron chi connectivity index (χ0n) is 7.87. The van der Waals surface area contributed by atoms with Crippen LogP contribution < -0.4 is 4.74 Å². The highest BCUT2D eigenvalue weighted by Crippen LogP contribution is 2.34. The number of hydrogen-bond donors (Lipinski definition) is 1. The second kappa shape index (κ2) is 5.01. The monoisotopic (exact) mass is 260 g/mol. The quantitative estimate of drug-likeness (QED) is 0.516. The third-order valence-electron chi connectivity index (χ3n) is 1.61. The molecule has 4 nitrogen and oxygen atoms in total. The van der Waals surface area contributed by atoms with Gasteiger partial charge in [-0.25, -0.2) is 9.59 Å². The van der Waals surface area contributed by atoms with E-state index in [1.807, 2.05) is 0 Å². The number of aromatic carboxylic acids is 1. The summed E-state index contributed by atoms with van der Waals surface area (Å²) in [7, 11) is 0. The molecule has 0 radical (unpaired) electrons. The van der Waals surface area contributed by atoms with E-state index in [0.29, 0.717) is 0 Å². The van der Waals surface area contributed by atoms with Crippen LogP contribution in [0.1, 0.15) is 10.4 Å². The summed E-state index contributed by atoms with van der Waals surface area (Å²) in [4.78, 5) is 21.6. The summed E-state index contributed by atoms with van der Waals surface area (Å²) in [5, 5.41) is 8.60. The Balaban J connectivity index is 3.17. The number of benzene rings is 1. The highest BCUT2D eigenvalue weighted by molar-refractivity contribution is 6.37. The fraction of sp³-hybridized carbons (Fsp3) is 0. The van der Waals surface area contributed by atoms with E-state index in [1.54, 1.807) is 0 Å². The summed E-state index contributed by atoms with van der Waals surface area (Å²) in [6.45, 7) is 3.21. The lowest BCUT2D eigenvalue weighted by Gasteiger charge is -2.07. The van der Waals surface area contributed by atoms with Gasteiger partial charge in [-0.2, -0.15) is 0 Å². The van der Waals surface area contributed by atoms with Gasteiger partial charge in [-0.15, -0.1) is 0 Å². The predicted molar refractivity (Wildman–Crippen MR) is 59.3 cm³/mol. The van der Waals surface area contributed by atoms with Gasteiger partial charge in [0.05, 0.1) is 15.6 Å². The van der Waals surface area contributed by atoms with E-state index >= 15 is 0 Å². The van der Waals surface area contributed by atoms with Crippen LogP contribution in [0.25, 0.3) is 0 Å². The van der Waals surface area contributed by atoms with Crippen LogP contribution in [0.2, 0.25) is 10.0 Å². The van der Waals surface area contributed by atoms with Gasteiger partial charge in [0.15, 0.2) is 5.75 Å². The maximum atomic E-state index is 10.9. The maximum Gasteiger partial charge on any atom is 0.335 e. The number of carbonyl (C=O) groups excluding carboxylic acids is 1. The molecule has 0 saturated carbocycles. The molecular weight excluding hydrogens is 255 g/mol. The van der Waals surface area contributed by atoms with Gasteiger partial charge in [-0.05, 0) is 12.1 Å². The van der Waals surface area contributed by atoms with Crippen molar-refractivity contribution in [3.05, 3.63) is 40.4 Å². The average Bonchev–Trinajstić information content (AvgIpc) is 2.22. The highest BCUT2D eigenvalue weighted by Gasteiger charge is 2.15. The summed E-state index contributed by atoms with van der Waals surface area (Å²) in [5.41, 5.74) is -0.0894. The fourth-order valence-corrected chi connectivity index (χ4v) is 1.49. The van der Waals surface area contributed by atoms with Crippen molar-refractivity contribution in [3.63, 3.8) is 0 Å². The second-order valence-electron chi connectivity index (χ2n) is 2.70. The van der Waals surface area contributed by atoms with E-state index in [4.69, 9.17) is 33.0 Å². The smallest absolute Gasteiger partial charge is 0.335 e. The Hall–Kier alpha value is -1.52. The van der Waals surface area contributed by atoms with Crippen LogP contribution in [0.5, 0.6) is 5.75 Å². The topological polar surface area (TPSA) is 63.6 Å². The molecule has 16 heavy (non-hydrogen) atoms. The largest absolute Gasteiger partial charge is 0.478 e. The molecule has 1 rings (SSSR count). The lowest BCUT2D eigenvalue weighted by atomic mass is 10.2. The summed E-state index contributed by atoms with van der Waals surface area (Å²) in [5.74, 6) is -1.99. The third-order valence-corrected chi connectivity index (χ3v) is 2.18.